The molecule has 0 spiro atoms. The monoisotopic (exact) mass is 347 g/mol. The Bertz CT molecular complexity index is 603. The van der Waals surface area contributed by atoms with Gasteiger partial charge in [0.15, 0.2) is 0 Å². The van der Waals surface area contributed by atoms with Gasteiger partial charge >= 0.3 is 0 Å². The molecule has 1 atom stereocenters. The lowest BCUT2D eigenvalue weighted by atomic mass is 10.0. The Labute approximate surface area is 133 Å². The van der Waals surface area contributed by atoms with Crippen molar-refractivity contribution in [1.82, 2.24) is 5.32 Å². The number of halogens is 1. The van der Waals surface area contributed by atoms with Crippen LogP contribution in [0.2, 0.25) is 0 Å². The topological polar surface area (TPSA) is 30.5 Å². The summed E-state index contributed by atoms with van der Waals surface area (Å²) in [7, 11) is 0. The number of ether oxygens (including phenoxy) is 2. The maximum atomic E-state index is 5.74. The van der Waals surface area contributed by atoms with Gasteiger partial charge < -0.3 is 14.8 Å². The Hall–Kier alpha value is -1.52. The van der Waals surface area contributed by atoms with E-state index in [1.165, 1.54) is 5.56 Å². The van der Waals surface area contributed by atoms with Crippen molar-refractivity contribution in [2.24, 2.45) is 0 Å². The molecule has 21 heavy (non-hydrogen) atoms. The third-order valence-corrected chi connectivity index (χ3v) is 4.01. The quantitative estimate of drug-likeness (QED) is 0.831. The van der Waals surface area contributed by atoms with Crippen LogP contribution in [0.5, 0.6) is 11.5 Å². The predicted octanol–water partition coefficient (Wildman–Crippen LogP) is 3.94. The van der Waals surface area contributed by atoms with Gasteiger partial charge in [-0.3, -0.25) is 0 Å². The molecule has 4 heteroatoms. The Kier molecular flexibility index (Phi) is 4.78. The molecule has 110 valence electrons. The van der Waals surface area contributed by atoms with Crippen LogP contribution in [0.15, 0.2) is 53.0 Å². The molecule has 3 rings (SSSR count). The van der Waals surface area contributed by atoms with Crippen LogP contribution in [-0.2, 0) is 0 Å². The van der Waals surface area contributed by atoms with Gasteiger partial charge in [-0.15, -0.1) is 0 Å². The van der Waals surface area contributed by atoms with Gasteiger partial charge in [0, 0.05) is 29.0 Å². The number of rotatable bonds is 5. The SMILES string of the molecule is Brc1cccc(OCCNC2CCOc3ccccc32)c1. The van der Waals surface area contributed by atoms with Crippen LogP contribution in [0.4, 0.5) is 0 Å². The van der Waals surface area contributed by atoms with Crippen molar-refractivity contribution in [2.75, 3.05) is 19.8 Å². The Morgan fingerprint density at radius 3 is 3.00 bits per heavy atom. The average molecular weight is 348 g/mol. The number of fused-ring (bicyclic) bond motifs is 1. The first-order valence-corrected chi connectivity index (χ1v) is 7.96. The Morgan fingerprint density at radius 1 is 1.19 bits per heavy atom. The highest BCUT2D eigenvalue weighted by molar-refractivity contribution is 9.10. The molecule has 0 aromatic heterocycles. The van der Waals surface area contributed by atoms with E-state index < -0.39 is 0 Å². The highest BCUT2D eigenvalue weighted by Crippen LogP contribution is 2.31. The van der Waals surface area contributed by atoms with Gasteiger partial charge in [0.25, 0.3) is 0 Å². The second-order valence-electron chi connectivity index (χ2n) is 4.99. The van der Waals surface area contributed by atoms with Crippen LogP contribution in [0, 0.1) is 0 Å². The molecule has 0 aliphatic carbocycles. The van der Waals surface area contributed by atoms with Crippen LogP contribution in [0.1, 0.15) is 18.0 Å². The van der Waals surface area contributed by atoms with E-state index in [2.05, 4.69) is 33.4 Å². The molecule has 1 aliphatic rings. The normalized spacial score (nSPS) is 16.9. The van der Waals surface area contributed by atoms with Crippen molar-refractivity contribution in [1.29, 1.82) is 0 Å². The van der Waals surface area contributed by atoms with Crippen LogP contribution < -0.4 is 14.8 Å². The van der Waals surface area contributed by atoms with Gasteiger partial charge in [-0.25, -0.2) is 0 Å². The summed E-state index contributed by atoms with van der Waals surface area (Å²) in [6.45, 7) is 2.22. The smallest absolute Gasteiger partial charge is 0.124 e. The minimum atomic E-state index is 0.348. The van der Waals surface area contributed by atoms with Gasteiger partial charge in [0.1, 0.15) is 18.1 Å². The molecule has 1 N–H and O–H groups in total. The van der Waals surface area contributed by atoms with E-state index in [4.69, 9.17) is 9.47 Å². The fourth-order valence-corrected chi connectivity index (χ4v) is 2.89. The lowest BCUT2D eigenvalue weighted by Crippen LogP contribution is -2.30. The zero-order valence-corrected chi connectivity index (χ0v) is 13.3. The van der Waals surface area contributed by atoms with E-state index in [0.29, 0.717) is 12.6 Å². The molecule has 3 nitrogen and oxygen atoms in total. The van der Waals surface area contributed by atoms with E-state index in [9.17, 15) is 0 Å². The molecule has 0 bridgehead atoms. The first-order chi connectivity index (χ1) is 10.3. The lowest BCUT2D eigenvalue weighted by molar-refractivity contribution is 0.242. The molecule has 0 amide bonds. The molecule has 0 radical (unpaired) electrons. The molecule has 0 saturated heterocycles. The summed E-state index contributed by atoms with van der Waals surface area (Å²) in [5, 5.41) is 3.55. The van der Waals surface area contributed by atoms with Crippen LogP contribution in [0.3, 0.4) is 0 Å². The number of benzene rings is 2. The second kappa shape index (κ2) is 6.96. The van der Waals surface area contributed by atoms with Crippen molar-refractivity contribution in [3.63, 3.8) is 0 Å². The first-order valence-electron chi connectivity index (χ1n) is 7.16. The average Bonchev–Trinajstić information content (AvgIpc) is 2.52. The summed E-state index contributed by atoms with van der Waals surface area (Å²) in [4.78, 5) is 0. The van der Waals surface area contributed by atoms with E-state index in [0.717, 1.165) is 35.5 Å². The molecule has 1 unspecified atom stereocenters. The van der Waals surface area contributed by atoms with Crippen molar-refractivity contribution in [3.05, 3.63) is 58.6 Å². The molecular formula is C17H18BrNO2. The van der Waals surface area contributed by atoms with Crippen LogP contribution in [0.25, 0.3) is 0 Å². The fourth-order valence-electron chi connectivity index (χ4n) is 2.51. The van der Waals surface area contributed by atoms with E-state index in [1.54, 1.807) is 0 Å². The van der Waals surface area contributed by atoms with Gasteiger partial charge in [-0.2, -0.15) is 0 Å². The van der Waals surface area contributed by atoms with E-state index >= 15 is 0 Å². The highest BCUT2D eigenvalue weighted by atomic mass is 79.9. The third kappa shape index (κ3) is 3.77. The van der Waals surface area contributed by atoms with Gasteiger partial charge in [-0.1, -0.05) is 40.2 Å². The number of hydrogen-bond donors (Lipinski definition) is 1. The zero-order valence-electron chi connectivity index (χ0n) is 11.7. The maximum Gasteiger partial charge on any atom is 0.124 e. The zero-order chi connectivity index (χ0) is 14.5. The van der Waals surface area contributed by atoms with Crippen molar-refractivity contribution in [2.45, 2.75) is 12.5 Å². The molecule has 1 aliphatic heterocycles. The predicted molar refractivity (Wildman–Crippen MR) is 86.9 cm³/mol. The van der Waals surface area contributed by atoms with Gasteiger partial charge in [0.2, 0.25) is 0 Å². The Morgan fingerprint density at radius 2 is 2.10 bits per heavy atom. The molecule has 2 aromatic carbocycles. The standard InChI is InChI=1S/C17H18BrNO2/c18-13-4-3-5-14(12-13)20-11-9-19-16-8-10-21-17-7-2-1-6-15(16)17/h1-7,12,16,19H,8-11H2. The van der Waals surface area contributed by atoms with Gasteiger partial charge in [0.05, 0.1) is 6.61 Å². The number of para-hydroxylation sites is 1. The fraction of sp³-hybridized carbons (Fsp3) is 0.294. The van der Waals surface area contributed by atoms with E-state index in [1.807, 2.05) is 36.4 Å². The second-order valence-corrected chi connectivity index (χ2v) is 5.90. The summed E-state index contributed by atoms with van der Waals surface area (Å²) in [6, 6.07) is 16.5. The van der Waals surface area contributed by atoms with Gasteiger partial charge in [-0.05, 0) is 24.3 Å². The molecule has 1 heterocycles. The summed E-state index contributed by atoms with van der Waals surface area (Å²) in [5.41, 5.74) is 1.24. The first kappa shape index (κ1) is 14.4. The maximum absolute atomic E-state index is 5.74. The summed E-state index contributed by atoms with van der Waals surface area (Å²) < 4.78 is 12.4. The Balaban J connectivity index is 1.50. The van der Waals surface area contributed by atoms with Crippen molar-refractivity contribution < 1.29 is 9.47 Å². The minimum Gasteiger partial charge on any atom is -0.493 e. The summed E-state index contributed by atoms with van der Waals surface area (Å²) in [6.07, 6.45) is 0.994. The third-order valence-electron chi connectivity index (χ3n) is 3.52. The summed E-state index contributed by atoms with van der Waals surface area (Å²) >= 11 is 3.44. The van der Waals surface area contributed by atoms with Crippen molar-refractivity contribution in [3.8, 4) is 11.5 Å². The molecular weight excluding hydrogens is 330 g/mol. The largest absolute Gasteiger partial charge is 0.493 e. The van der Waals surface area contributed by atoms with Crippen LogP contribution >= 0.6 is 15.9 Å². The van der Waals surface area contributed by atoms with E-state index in [-0.39, 0.29) is 0 Å². The molecule has 0 saturated carbocycles. The van der Waals surface area contributed by atoms with Crippen LogP contribution in [-0.4, -0.2) is 19.8 Å². The number of nitrogens with one attached hydrogen (secondary N) is 1. The number of hydrogen-bond acceptors (Lipinski definition) is 3. The van der Waals surface area contributed by atoms with Crippen molar-refractivity contribution >= 4 is 15.9 Å². The molecule has 2 aromatic rings. The summed E-state index contributed by atoms with van der Waals surface area (Å²) in [5.74, 6) is 1.88. The highest BCUT2D eigenvalue weighted by Gasteiger charge is 2.19. The minimum absolute atomic E-state index is 0.348. The molecule has 0 fully saturated rings. The lowest BCUT2D eigenvalue weighted by Gasteiger charge is -2.26.